The number of aryl methyl sites for hydroxylation is 1. The van der Waals surface area contributed by atoms with Gasteiger partial charge in [0.25, 0.3) is 0 Å². The Labute approximate surface area is 150 Å². The van der Waals surface area contributed by atoms with Crippen molar-refractivity contribution >= 4 is 28.1 Å². The van der Waals surface area contributed by atoms with E-state index in [2.05, 4.69) is 26.3 Å². The van der Waals surface area contributed by atoms with E-state index in [9.17, 15) is 0 Å². The van der Waals surface area contributed by atoms with Crippen LogP contribution in [0.4, 0.5) is 17.3 Å². The van der Waals surface area contributed by atoms with Gasteiger partial charge in [-0.05, 0) is 47.5 Å². The molecule has 0 aliphatic rings. The lowest BCUT2D eigenvalue weighted by Gasteiger charge is -2.12. The van der Waals surface area contributed by atoms with Gasteiger partial charge in [0, 0.05) is 6.20 Å². The molecule has 2 aromatic heterocycles. The second-order valence-corrected chi connectivity index (χ2v) is 5.90. The van der Waals surface area contributed by atoms with E-state index in [1.54, 1.807) is 6.20 Å². The summed E-state index contributed by atoms with van der Waals surface area (Å²) in [6, 6.07) is 17.7. The fraction of sp³-hybridized carbons (Fsp3) is 0.0500. The predicted molar refractivity (Wildman–Crippen MR) is 103 cm³/mol. The molecule has 128 valence electrons. The zero-order chi connectivity index (χ0) is 17.9. The SMILES string of the molecule is Cc1ccnc(Nc2ncnc(Oc3ccc4ccccc4c3)c2N)c1. The van der Waals surface area contributed by atoms with Crippen molar-refractivity contribution in [2.45, 2.75) is 6.92 Å². The van der Waals surface area contributed by atoms with Crippen LogP contribution in [0, 0.1) is 6.92 Å². The summed E-state index contributed by atoms with van der Waals surface area (Å²) >= 11 is 0. The fourth-order valence-corrected chi connectivity index (χ4v) is 2.63. The monoisotopic (exact) mass is 343 g/mol. The van der Waals surface area contributed by atoms with Gasteiger partial charge >= 0.3 is 0 Å². The van der Waals surface area contributed by atoms with Crippen molar-refractivity contribution in [2.75, 3.05) is 11.1 Å². The lowest BCUT2D eigenvalue weighted by Crippen LogP contribution is -2.04. The van der Waals surface area contributed by atoms with E-state index >= 15 is 0 Å². The largest absolute Gasteiger partial charge is 0.437 e. The van der Waals surface area contributed by atoms with E-state index in [0.29, 0.717) is 29.0 Å². The number of hydrogen-bond donors (Lipinski definition) is 2. The number of benzene rings is 2. The molecule has 6 nitrogen and oxygen atoms in total. The topological polar surface area (TPSA) is 86.0 Å². The number of nitrogens with two attached hydrogens (primary N) is 1. The van der Waals surface area contributed by atoms with Crippen molar-refractivity contribution in [3.05, 3.63) is 72.7 Å². The molecule has 2 heterocycles. The van der Waals surface area contributed by atoms with E-state index in [1.807, 2.05) is 55.5 Å². The molecule has 3 N–H and O–H groups in total. The summed E-state index contributed by atoms with van der Waals surface area (Å²) in [5.74, 6) is 2.07. The van der Waals surface area contributed by atoms with Crippen molar-refractivity contribution in [1.29, 1.82) is 0 Å². The first-order chi connectivity index (χ1) is 12.7. The van der Waals surface area contributed by atoms with Crippen LogP contribution in [0.1, 0.15) is 5.56 Å². The van der Waals surface area contributed by atoms with Gasteiger partial charge in [0.15, 0.2) is 5.82 Å². The molecule has 0 spiro atoms. The summed E-state index contributed by atoms with van der Waals surface area (Å²) in [6.07, 6.45) is 3.13. The van der Waals surface area contributed by atoms with Crippen LogP contribution >= 0.6 is 0 Å². The number of fused-ring (bicyclic) bond motifs is 1. The van der Waals surface area contributed by atoms with Crippen molar-refractivity contribution in [3.8, 4) is 11.6 Å². The van der Waals surface area contributed by atoms with Gasteiger partial charge in [-0.1, -0.05) is 30.3 Å². The molecule has 0 aliphatic heterocycles. The Morgan fingerprint density at radius 3 is 2.62 bits per heavy atom. The van der Waals surface area contributed by atoms with Crippen LogP contribution in [0.5, 0.6) is 11.6 Å². The Morgan fingerprint density at radius 1 is 0.923 bits per heavy atom. The van der Waals surface area contributed by atoms with Gasteiger partial charge in [-0.25, -0.2) is 9.97 Å². The van der Waals surface area contributed by atoms with Crippen LogP contribution in [0.2, 0.25) is 0 Å². The maximum absolute atomic E-state index is 6.19. The Kier molecular flexibility index (Phi) is 4.07. The molecular weight excluding hydrogens is 326 g/mol. The summed E-state index contributed by atoms with van der Waals surface area (Å²) < 4.78 is 5.88. The molecule has 0 radical (unpaired) electrons. The highest BCUT2D eigenvalue weighted by Gasteiger charge is 2.11. The van der Waals surface area contributed by atoms with Crippen LogP contribution in [-0.2, 0) is 0 Å². The van der Waals surface area contributed by atoms with Crippen LogP contribution in [0.15, 0.2) is 67.1 Å². The zero-order valence-electron chi connectivity index (χ0n) is 14.2. The predicted octanol–water partition coefficient (Wildman–Crippen LogP) is 4.45. The minimum Gasteiger partial charge on any atom is -0.437 e. The van der Waals surface area contributed by atoms with E-state index in [1.165, 1.54) is 6.33 Å². The minimum absolute atomic E-state index is 0.297. The number of nitrogens with one attached hydrogen (secondary N) is 1. The number of ether oxygens (including phenoxy) is 1. The molecule has 0 bridgehead atoms. The third-order valence-electron chi connectivity index (χ3n) is 3.94. The van der Waals surface area contributed by atoms with Gasteiger partial charge in [-0.3, -0.25) is 0 Å². The first-order valence-electron chi connectivity index (χ1n) is 8.16. The van der Waals surface area contributed by atoms with Crippen molar-refractivity contribution in [3.63, 3.8) is 0 Å². The van der Waals surface area contributed by atoms with Gasteiger partial charge in [-0.2, -0.15) is 4.98 Å². The summed E-state index contributed by atoms with van der Waals surface area (Å²) in [5.41, 5.74) is 7.60. The standard InChI is InChI=1S/C20H17N5O/c1-13-8-9-22-17(10-13)25-19-18(21)20(24-12-23-19)26-16-7-6-14-4-2-3-5-15(14)11-16/h2-12H,21H2,1H3,(H,22,23,24,25). The lowest BCUT2D eigenvalue weighted by atomic mass is 10.1. The molecule has 4 aromatic rings. The van der Waals surface area contributed by atoms with Gasteiger partial charge < -0.3 is 15.8 Å². The highest BCUT2D eigenvalue weighted by Crippen LogP contribution is 2.31. The quantitative estimate of drug-likeness (QED) is 0.569. The Bertz CT molecular complexity index is 1080. The van der Waals surface area contributed by atoms with Gasteiger partial charge in [0.05, 0.1) is 0 Å². The molecule has 0 saturated heterocycles. The number of hydrogen-bond acceptors (Lipinski definition) is 6. The smallest absolute Gasteiger partial charge is 0.248 e. The second kappa shape index (κ2) is 6.68. The molecule has 0 saturated carbocycles. The number of aromatic nitrogens is 3. The highest BCUT2D eigenvalue weighted by atomic mass is 16.5. The lowest BCUT2D eigenvalue weighted by molar-refractivity contribution is 0.465. The first kappa shape index (κ1) is 15.8. The fourth-order valence-electron chi connectivity index (χ4n) is 2.63. The normalized spacial score (nSPS) is 10.7. The first-order valence-corrected chi connectivity index (χ1v) is 8.16. The summed E-state index contributed by atoms with van der Waals surface area (Å²) in [5, 5.41) is 5.33. The maximum atomic E-state index is 6.19. The molecule has 0 aliphatic carbocycles. The average molecular weight is 343 g/mol. The van der Waals surface area contributed by atoms with E-state index < -0.39 is 0 Å². The Hall–Kier alpha value is -3.67. The molecule has 6 heteroatoms. The van der Waals surface area contributed by atoms with Crippen LogP contribution in [0.25, 0.3) is 10.8 Å². The number of pyridine rings is 1. The number of rotatable bonds is 4. The molecule has 0 amide bonds. The summed E-state index contributed by atoms with van der Waals surface area (Å²) in [4.78, 5) is 12.6. The average Bonchev–Trinajstić information content (AvgIpc) is 2.65. The molecule has 0 atom stereocenters. The van der Waals surface area contributed by atoms with Crippen molar-refractivity contribution in [1.82, 2.24) is 15.0 Å². The third kappa shape index (κ3) is 3.25. The highest BCUT2D eigenvalue weighted by molar-refractivity contribution is 5.84. The molecule has 26 heavy (non-hydrogen) atoms. The van der Waals surface area contributed by atoms with Crippen LogP contribution in [0.3, 0.4) is 0 Å². The molecule has 0 unspecified atom stereocenters. The number of nitrogen functional groups attached to an aromatic ring is 1. The molecule has 0 fully saturated rings. The van der Waals surface area contributed by atoms with Gasteiger partial charge in [-0.15, -0.1) is 0 Å². The summed E-state index contributed by atoms with van der Waals surface area (Å²) in [6.45, 7) is 1.99. The number of nitrogens with zero attached hydrogens (tertiary/aromatic N) is 3. The van der Waals surface area contributed by atoms with E-state index in [4.69, 9.17) is 10.5 Å². The minimum atomic E-state index is 0.297. The maximum Gasteiger partial charge on any atom is 0.248 e. The van der Waals surface area contributed by atoms with Crippen molar-refractivity contribution < 1.29 is 4.74 Å². The van der Waals surface area contributed by atoms with Crippen LogP contribution in [-0.4, -0.2) is 15.0 Å². The zero-order valence-corrected chi connectivity index (χ0v) is 14.2. The Balaban J connectivity index is 1.62. The Morgan fingerprint density at radius 2 is 1.77 bits per heavy atom. The van der Waals surface area contributed by atoms with Gasteiger partial charge in [0.2, 0.25) is 5.88 Å². The molecule has 4 rings (SSSR count). The molecule has 2 aromatic carbocycles. The van der Waals surface area contributed by atoms with E-state index in [-0.39, 0.29) is 0 Å². The van der Waals surface area contributed by atoms with E-state index in [0.717, 1.165) is 16.3 Å². The second-order valence-electron chi connectivity index (χ2n) is 5.90. The third-order valence-corrected chi connectivity index (χ3v) is 3.94. The molecular formula is C20H17N5O. The number of anilines is 3. The summed E-state index contributed by atoms with van der Waals surface area (Å²) in [7, 11) is 0. The van der Waals surface area contributed by atoms with Crippen LogP contribution < -0.4 is 15.8 Å². The van der Waals surface area contributed by atoms with Gasteiger partial charge in [0.1, 0.15) is 23.6 Å². The van der Waals surface area contributed by atoms with Crippen molar-refractivity contribution in [2.24, 2.45) is 0 Å².